The number of methoxy groups -OCH3 is 1. The van der Waals surface area contributed by atoms with E-state index in [0.717, 1.165) is 11.3 Å². The van der Waals surface area contributed by atoms with Gasteiger partial charge in [-0.15, -0.1) is 11.3 Å². The molecule has 7 heteroatoms. The molecule has 0 N–H and O–H groups in total. The van der Waals surface area contributed by atoms with Crippen molar-refractivity contribution in [3.63, 3.8) is 0 Å². The van der Waals surface area contributed by atoms with E-state index in [2.05, 4.69) is 4.98 Å². The lowest BCUT2D eigenvalue weighted by atomic mass is 10.1. The summed E-state index contributed by atoms with van der Waals surface area (Å²) in [5.41, 5.74) is 1.57. The Kier molecular flexibility index (Phi) is 4.82. The Morgan fingerprint density at radius 3 is 2.58 bits per heavy atom. The maximum atomic E-state index is 13.0. The summed E-state index contributed by atoms with van der Waals surface area (Å²) in [6.45, 7) is 3.78. The van der Waals surface area contributed by atoms with Gasteiger partial charge in [0.15, 0.2) is 0 Å². The average Bonchev–Trinajstić information content (AvgIpc) is 3.00. The van der Waals surface area contributed by atoms with Crippen LogP contribution in [-0.2, 0) is 7.05 Å². The third-order valence-electron chi connectivity index (χ3n) is 4.70. The van der Waals surface area contributed by atoms with E-state index in [4.69, 9.17) is 4.74 Å². The standard InChI is InChI=1S/C19H21N3O3S/c1-11-15-17(20-10-21(3)18(15)23)26-16(11)19(24)22(4)12(2)13-6-8-14(25-5)9-7-13/h6-10,12H,1-5H3. The van der Waals surface area contributed by atoms with Crippen molar-refractivity contribution >= 4 is 27.5 Å². The van der Waals surface area contributed by atoms with E-state index in [9.17, 15) is 9.59 Å². The Labute approximate surface area is 155 Å². The maximum Gasteiger partial charge on any atom is 0.264 e. The van der Waals surface area contributed by atoms with Crippen LogP contribution < -0.4 is 10.3 Å². The monoisotopic (exact) mass is 371 g/mol. The number of thiophene rings is 1. The first-order chi connectivity index (χ1) is 12.3. The summed E-state index contributed by atoms with van der Waals surface area (Å²) in [5.74, 6) is 0.660. The third-order valence-corrected chi connectivity index (χ3v) is 5.89. The summed E-state index contributed by atoms with van der Waals surface area (Å²) in [6.07, 6.45) is 1.48. The number of fused-ring (bicyclic) bond motifs is 1. The van der Waals surface area contributed by atoms with Crippen molar-refractivity contribution in [2.75, 3.05) is 14.2 Å². The predicted octanol–water partition coefficient (Wildman–Crippen LogP) is 3.15. The van der Waals surface area contributed by atoms with Crippen molar-refractivity contribution < 1.29 is 9.53 Å². The predicted molar refractivity (Wildman–Crippen MR) is 103 cm³/mol. The van der Waals surface area contributed by atoms with Gasteiger partial charge in [-0.3, -0.25) is 9.59 Å². The Bertz CT molecular complexity index is 1020. The lowest BCUT2D eigenvalue weighted by Crippen LogP contribution is -2.29. The summed E-state index contributed by atoms with van der Waals surface area (Å²) in [4.78, 5) is 32.5. The fraction of sp³-hybridized carbons (Fsp3) is 0.316. The number of carbonyl (C=O) groups excluding carboxylic acids is 1. The van der Waals surface area contributed by atoms with Gasteiger partial charge in [0, 0.05) is 14.1 Å². The molecule has 1 amide bonds. The molecule has 1 aromatic carbocycles. The molecule has 0 aliphatic carbocycles. The van der Waals surface area contributed by atoms with Crippen LogP contribution in [-0.4, -0.2) is 34.5 Å². The van der Waals surface area contributed by atoms with E-state index < -0.39 is 0 Å². The molecule has 6 nitrogen and oxygen atoms in total. The van der Waals surface area contributed by atoms with Gasteiger partial charge in [0.25, 0.3) is 11.5 Å². The lowest BCUT2D eigenvalue weighted by molar-refractivity contribution is 0.0747. The minimum Gasteiger partial charge on any atom is -0.497 e. The quantitative estimate of drug-likeness (QED) is 0.707. The van der Waals surface area contributed by atoms with Crippen LogP contribution in [0.25, 0.3) is 10.2 Å². The second kappa shape index (κ2) is 6.92. The molecule has 0 fully saturated rings. The zero-order chi connectivity index (χ0) is 19.0. The maximum absolute atomic E-state index is 13.0. The summed E-state index contributed by atoms with van der Waals surface area (Å²) in [5, 5.41) is 0.522. The zero-order valence-corrected chi connectivity index (χ0v) is 16.3. The van der Waals surface area contributed by atoms with Crippen molar-refractivity contribution in [1.29, 1.82) is 0 Å². The Balaban J connectivity index is 1.95. The van der Waals surface area contributed by atoms with Crippen molar-refractivity contribution in [3.05, 3.63) is 57.0 Å². The van der Waals surface area contributed by atoms with Crippen LogP contribution in [0.2, 0.25) is 0 Å². The Morgan fingerprint density at radius 2 is 1.96 bits per heavy atom. The fourth-order valence-electron chi connectivity index (χ4n) is 2.85. The Hall–Kier alpha value is -2.67. The zero-order valence-electron chi connectivity index (χ0n) is 15.4. The van der Waals surface area contributed by atoms with E-state index in [1.165, 1.54) is 22.2 Å². The molecule has 3 rings (SSSR count). The largest absolute Gasteiger partial charge is 0.497 e. The molecule has 0 bridgehead atoms. The van der Waals surface area contributed by atoms with E-state index in [1.54, 1.807) is 33.0 Å². The van der Waals surface area contributed by atoms with Gasteiger partial charge >= 0.3 is 0 Å². The molecule has 0 aliphatic rings. The molecule has 2 heterocycles. The SMILES string of the molecule is COc1ccc(C(C)N(C)C(=O)c2sc3ncn(C)c(=O)c3c2C)cc1. The van der Waals surface area contributed by atoms with Gasteiger partial charge in [0.2, 0.25) is 0 Å². The van der Waals surface area contributed by atoms with Crippen molar-refractivity contribution in [1.82, 2.24) is 14.5 Å². The molecule has 0 saturated heterocycles. The van der Waals surface area contributed by atoms with Gasteiger partial charge < -0.3 is 14.2 Å². The molecule has 0 saturated carbocycles. The first-order valence-electron chi connectivity index (χ1n) is 8.21. The number of rotatable bonds is 4. The normalized spacial score (nSPS) is 12.2. The number of hydrogen-bond acceptors (Lipinski definition) is 5. The topological polar surface area (TPSA) is 64.4 Å². The van der Waals surface area contributed by atoms with Crippen LogP contribution in [0.15, 0.2) is 35.4 Å². The molecule has 0 aliphatic heterocycles. The van der Waals surface area contributed by atoms with Crippen molar-refractivity contribution in [2.45, 2.75) is 19.9 Å². The minimum absolute atomic E-state index is 0.115. The Morgan fingerprint density at radius 1 is 1.31 bits per heavy atom. The molecule has 0 radical (unpaired) electrons. The van der Waals surface area contributed by atoms with Gasteiger partial charge in [-0.1, -0.05) is 12.1 Å². The highest BCUT2D eigenvalue weighted by atomic mass is 32.1. The van der Waals surface area contributed by atoms with Crippen LogP contribution in [0.5, 0.6) is 5.75 Å². The highest BCUT2D eigenvalue weighted by Gasteiger charge is 2.25. The fourth-order valence-corrected chi connectivity index (χ4v) is 3.98. The smallest absolute Gasteiger partial charge is 0.264 e. The second-order valence-corrected chi connectivity index (χ2v) is 7.26. The summed E-state index contributed by atoms with van der Waals surface area (Å²) in [6, 6.07) is 7.53. The van der Waals surface area contributed by atoms with Gasteiger partial charge in [0.1, 0.15) is 10.6 Å². The number of aromatic nitrogens is 2. The van der Waals surface area contributed by atoms with Crippen LogP contribution in [0.1, 0.15) is 33.8 Å². The molecule has 26 heavy (non-hydrogen) atoms. The van der Waals surface area contributed by atoms with Crippen molar-refractivity contribution in [3.8, 4) is 5.75 Å². The lowest BCUT2D eigenvalue weighted by Gasteiger charge is -2.25. The highest BCUT2D eigenvalue weighted by molar-refractivity contribution is 7.20. The number of aryl methyl sites for hydroxylation is 2. The molecule has 136 valence electrons. The first-order valence-corrected chi connectivity index (χ1v) is 9.02. The van der Waals surface area contributed by atoms with E-state index in [0.29, 0.717) is 20.7 Å². The van der Waals surface area contributed by atoms with Gasteiger partial charge in [-0.2, -0.15) is 0 Å². The number of carbonyl (C=O) groups is 1. The van der Waals surface area contributed by atoms with E-state index in [-0.39, 0.29) is 17.5 Å². The number of ether oxygens (including phenoxy) is 1. The minimum atomic E-state index is -0.131. The average molecular weight is 371 g/mol. The van der Waals surface area contributed by atoms with Crippen LogP contribution in [0.3, 0.4) is 0 Å². The van der Waals surface area contributed by atoms with Crippen LogP contribution in [0.4, 0.5) is 0 Å². The molecular weight excluding hydrogens is 350 g/mol. The molecule has 0 spiro atoms. The number of nitrogens with zero attached hydrogens (tertiary/aromatic N) is 3. The number of amides is 1. The van der Waals surface area contributed by atoms with Crippen molar-refractivity contribution in [2.24, 2.45) is 7.05 Å². The first kappa shape index (κ1) is 18.1. The van der Waals surface area contributed by atoms with Gasteiger partial charge in [-0.25, -0.2) is 4.98 Å². The molecule has 3 aromatic rings. The van der Waals surface area contributed by atoms with Gasteiger partial charge in [0.05, 0.1) is 29.7 Å². The molecular formula is C19H21N3O3S. The highest BCUT2D eigenvalue weighted by Crippen LogP contribution is 2.30. The third kappa shape index (κ3) is 2.99. The van der Waals surface area contributed by atoms with Gasteiger partial charge in [-0.05, 0) is 37.1 Å². The molecule has 1 atom stereocenters. The molecule has 2 aromatic heterocycles. The van der Waals surface area contributed by atoms with E-state index in [1.807, 2.05) is 31.2 Å². The number of hydrogen-bond donors (Lipinski definition) is 0. The summed E-state index contributed by atoms with van der Waals surface area (Å²) < 4.78 is 6.61. The second-order valence-electron chi connectivity index (χ2n) is 6.26. The summed E-state index contributed by atoms with van der Waals surface area (Å²) >= 11 is 1.27. The van der Waals surface area contributed by atoms with Crippen LogP contribution in [0, 0.1) is 6.92 Å². The van der Waals surface area contributed by atoms with E-state index >= 15 is 0 Å². The van der Waals surface area contributed by atoms with Crippen LogP contribution >= 0.6 is 11.3 Å². The number of benzene rings is 1. The summed E-state index contributed by atoms with van der Waals surface area (Å²) in [7, 11) is 5.05. The molecule has 1 unspecified atom stereocenters.